The third-order valence-corrected chi connectivity index (χ3v) is 3.21. The molecule has 0 heterocycles. The Bertz CT molecular complexity index is 432. The zero-order valence-electron chi connectivity index (χ0n) is 14.1. The first-order chi connectivity index (χ1) is 10.5. The average molecular weight is 308 g/mol. The van der Waals surface area contributed by atoms with Gasteiger partial charge in [-0.3, -0.25) is 9.69 Å². The van der Waals surface area contributed by atoms with Crippen LogP contribution >= 0.6 is 0 Å². The second-order valence-corrected chi connectivity index (χ2v) is 5.47. The Morgan fingerprint density at radius 2 is 1.86 bits per heavy atom. The number of nitrogens with one attached hydrogen (secondary N) is 1. The van der Waals surface area contributed by atoms with Gasteiger partial charge in [-0.1, -0.05) is 6.92 Å². The van der Waals surface area contributed by atoms with Crippen molar-refractivity contribution in [2.24, 2.45) is 0 Å². The molecule has 0 unspecified atom stereocenters. The van der Waals surface area contributed by atoms with Gasteiger partial charge in [-0.15, -0.1) is 0 Å². The maximum Gasteiger partial charge on any atom is 0.234 e. The summed E-state index contributed by atoms with van der Waals surface area (Å²) >= 11 is 0. The third kappa shape index (κ3) is 7.31. The van der Waals surface area contributed by atoms with E-state index in [1.54, 1.807) is 7.11 Å². The smallest absolute Gasteiger partial charge is 0.234 e. The predicted molar refractivity (Wildman–Crippen MR) is 88.5 cm³/mol. The van der Waals surface area contributed by atoms with E-state index in [4.69, 9.17) is 9.47 Å². The number of likely N-dealkylation sites (N-methyl/N-ethyl adjacent to an activating group) is 1. The first-order valence-electron chi connectivity index (χ1n) is 7.83. The van der Waals surface area contributed by atoms with Gasteiger partial charge < -0.3 is 14.8 Å². The number of carbonyl (C=O) groups excluding carboxylic acids is 1. The predicted octanol–water partition coefficient (Wildman–Crippen LogP) is 2.31. The van der Waals surface area contributed by atoms with Crippen LogP contribution in [0.15, 0.2) is 24.3 Å². The molecule has 1 aromatic carbocycles. The van der Waals surface area contributed by atoms with Gasteiger partial charge in [0, 0.05) is 12.6 Å². The van der Waals surface area contributed by atoms with Gasteiger partial charge in [-0.2, -0.15) is 0 Å². The zero-order chi connectivity index (χ0) is 16.4. The van der Waals surface area contributed by atoms with Crippen LogP contribution in [0.5, 0.6) is 11.5 Å². The van der Waals surface area contributed by atoms with Crippen LogP contribution in [-0.4, -0.2) is 50.2 Å². The summed E-state index contributed by atoms with van der Waals surface area (Å²) in [6.07, 6.45) is 0.884. The molecule has 5 heteroatoms. The number of amides is 1. The van der Waals surface area contributed by atoms with E-state index in [-0.39, 0.29) is 11.9 Å². The van der Waals surface area contributed by atoms with E-state index in [0.717, 1.165) is 31.0 Å². The minimum absolute atomic E-state index is 0.0768. The van der Waals surface area contributed by atoms with E-state index in [1.165, 1.54) is 0 Å². The Labute approximate surface area is 133 Å². The SMILES string of the molecule is CCN(CCCOc1ccc(OC)cc1)CC(=O)NC(C)C. The minimum Gasteiger partial charge on any atom is -0.497 e. The number of hydrogen-bond acceptors (Lipinski definition) is 4. The van der Waals surface area contributed by atoms with Gasteiger partial charge in [0.15, 0.2) is 0 Å². The molecule has 1 amide bonds. The summed E-state index contributed by atoms with van der Waals surface area (Å²) in [6, 6.07) is 7.73. The van der Waals surface area contributed by atoms with Gasteiger partial charge in [-0.25, -0.2) is 0 Å². The summed E-state index contributed by atoms with van der Waals surface area (Å²) in [6.45, 7) is 8.78. The lowest BCUT2D eigenvalue weighted by atomic mass is 10.3. The first kappa shape index (κ1) is 18.3. The average Bonchev–Trinajstić information content (AvgIpc) is 2.50. The molecule has 0 aromatic heterocycles. The summed E-state index contributed by atoms with van der Waals surface area (Å²) in [5.41, 5.74) is 0. The Morgan fingerprint density at radius 3 is 2.41 bits per heavy atom. The normalized spacial score (nSPS) is 10.8. The molecule has 0 aliphatic heterocycles. The number of ether oxygens (including phenoxy) is 2. The van der Waals surface area contributed by atoms with Crippen LogP contribution < -0.4 is 14.8 Å². The highest BCUT2D eigenvalue weighted by Crippen LogP contribution is 2.17. The highest BCUT2D eigenvalue weighted by Gasteiger charge is 2.09. The van der Waals surface area contributed by atoms with E-state index in [9.17, 15) is 4.79 Å². The lowest BCUT2D eigenvalue weighted by Gasteiger charge is -2.20. The van der Waals surface area contributed by atoms with Crippen molar-refractivity contribution in [1.29, 1.82) is 0 Å². The maximum absolute atomic E-state index is 11.7. The van der Waals surface area contributed by atoms with Gasteiger partial charge in [0.1, 0.15) is 11.5 Å². The zero-order valence-corrected chi connectivity index (χ0v) is 14.1. The van der Waals surface area contributed by atoms with Crippen LogP contribution in [0.3, 0.4) is 0 Å². The van der Waals surface area contributed by atoms with E-state index in [1.807, 2.05) is 38.1 Å². The molecule has 124 valence electrons. The van der Waals surface area contributed by atoms with Gasteiger partial charge >= 0.3 is 0 Å². The molecular formula is C17H28N2O3. The monoisotopic (exact) mass is 308 g/mol. The number of nitrogens with zero attached hydrogens (tertiary/aromatic N) is 1. The van der Waals surface area contributed by atoms with Crippen molar-refractivity contribution in [3.63, 3.8) is 0 Å². The molecule has 1 N–H and O–H groups in total. The Hall–Kier alpha value is -1.75. The van der Waals surface area contributed by atoms with Crippen LogP contribution in [0, 0.1) is 0 Å². The Kier molecular flexibility index (Phi) is 8.36. The topological polar surface area (TPSA) is 50.8 Å². The quantitative estimate of drug-likeness (QED) is 0.674. The highest BCUT2D eigenvalue weighted by atomic mass is 16.5. The van der Waals surface area contributed by atoms with Gasteiger partial charge in [-0.05, 0) is 51.1 Å². The standard InChI is InChI=1S/C17H28N2O3/c1-5-19(13-17(20)18-14(2)3)11-6-12-22-16-9-7-15(21-4)8-10-16/h7-10,14H,5-6,11-13H2,1-4H3,(H,18,20). The summed E-state index contributed by atoms with van der Waals surface area (Å²) < 4.78 is 10.8. The second kappa shape index (κ2) is 10.1. The van der Waals surface area contributed by atoms with Crippen molar-refractivity contribution in [3.05, 3.63) is 24.3 Å². The van der Waals surface area contributed by atoms with Crippen molar-refractivity contribution in [1.82, 2.24) is 10.2 Å². The molecule has 0 fully saturated rings. The van der Waals surface area contributed by atoms with Gasteiger partial charge in [0.05, 0.1) is 20.3 Å². The largest absolute Gasteiger partial charge is 0.497 e. The fourth-order valence-corrected chi connectivity index (χ4v) is 2.07. The molecule has 0 radical (unpaired) electrons. The maximum atomic E-state index is 11.7. The minimum atomic E-state index is 0.0768. The molecule has 0 aliphatic carbocycles. The summed E-state index contributed by atoms with van der Waals surface area (Å²) in [5, 5.41) is 2.91. The van der Waals surface area contributed by atoms with Crippen LogP contribution in [0.2, 0.25) is 0 Å². The van der Waals surface area contributed by atoms with Crippen LogP contribution in [0.4, 0.5) is 0 Å². The summed E-state index contributed by atoms with van der Waals surface area (Å²) in [5.74, 6) is 1.73. The van der Waals surface area contributed by atoms with Crippen molar-refractivity contribution < 1.29 is 14.3 Å². The van der Waals surface area contributed by atoms with Crippen LogP contribution in [-0.2, 0) is 4.79 Å². The molecule has 5 nitrogen and oxygen atoms in total. The van der Waals surface area contributed by atoms with E-state index in [0.29, 0.717) is 13.2 Å². The fourth-order valence-electron chi connectivity index (χ4n) is 2.07. The number of benzene rings is 1. The molecule has 1 aromatic rings. The number of hydrogen-bond donors (Lipinski definition) is 1. The molecule has 1 rings (SSSR count). The van der Waals surface area contributed by atoms with E-state index < -0.39 is 0 Å². The third-order valence-electron chi connectivity index (χ3n) is 3.21. The lowest BCUT2D eigenvalue weighted by Crippen LogP contribution is -2.40. The first-order valence-corrected chi connectivity index (χ1v) is 7.83. The fraction of sp³-hybridized carbons (Fsp3) is 0.588. The Balaban J connectivity index is 2.24. The molecule has 0 bridgehead atoms. The summed E-state index contributed by atoms with van der Waals surface area (Å²) in [4.78, 5) is 13.9. The van der Waals surface area contributed by atoms with Crippen LogP contribution in [0.1, 0.15) is 27.2 Å². The van der Waals surface area contributed by atoms with Crippen molar-refractivity contribution in [2.45, 2.75) is 33.2 Å². The van der Waals surface area contributed by atoms with Crippen LogP contribution in [0.25, 0.3) is 0 Å². The molecule has 0 saturated carbocycles. The molecule has 0 saturated heterocycles. The number of methoxy groups -OCH3 is 1. The molecule has 0 aliphatic rings. The van der Waals surface area contributed by atoms with Gasteiger partial charge in [0.2, 0.25) is 5.91 Å². The highest BCUT2D eigenvalue weighted by molar-refractivity contribution is 5.78. The van der Waals surface area contributed by atoms with Gasteiger partial charge in [0.25, 0.3) is 0 Å². The van der Waals surface area contributed by atoms with E-state index >= 15 is 0 Å². The van der Waals surface area contributed by atoms with Crippen molar-refractivity contribution in [3.8, 4) is 11.5 Å². The number of rotatable bonds is 10. The lowest BCUT2D eigenvalue weighted by molar-refractivity contribution is -0.122. The molecular weight excluding hydrogens is 280 g/mol. The van der Waals surface area contributed by atoms with Crippen molar-refractivity contribution >= 4 is 5.91 Å². The van der Waals surface area contributed by atoms with Crippen molar-refractivity contribution in [2.75, 3.05) is 33.4 Å². The summed E-state index contributed by atoms with van der Waals surface area (Å²) in [7, 11) is 1.64. The number of carbonyl (C=O) groups is 1. The second-order valence-electron chi connectivity index (χ2n) is 5.47. The Morgan fingerprint density at radius 1 is 1.23 bits per heavy atom. The van der Waals surface area contributed by atoms with E-state index in [2.05, 4.69) is 17.1 Å². The molecule has 22 heavy (non-hydrogen) atoms. The molecule has 0 atom stereocenters. The molecule has 0 spiro atoms.